The SMILES string of the molecule is CCOC(=O)c1coc(NC(C)(C)CCO)n1. The Morgan fingerprint density at radius 2 is 2.35 bits per heavy atom. The fourth-order valence-electron chi connectivity index (χ4n) is 1.26. The number of carbonyl (C=O) groups is 1. The smallest absolute Gasteiger partial charge is 0.360 e. The third-order valence-corrected chi connectivity index (χ3v) is 2.17. The minimum absolute atomic E-state index is 0.0610. The van der Waals surface area contributed by atoms with E-state index in [1.54, 1.807) is 6.92 Å². The molecule has 17 heavy (non-hydrogen) atoms. The van der Waals surface area contributed by atoms with Crippen LogP contribution in [0.4, 0.5) is 6.01 Å². The number of ether oxygens (including phenoxy) is 1. The van der Waals surface area contributed by atoms with Crippen molar-refractivity contribution >= 4 is 12.0 Å². The molecule has 0 unspecified atom stereocenters. The van der Waals surface area contributed by atoms with E-state index in [2.05, 4.69) is 10.3 Å². The lowest BCUT2D eigenvalue weighted by molar-refractivity contribution is 0.0519. The van der Waals surface area contributed by atoms with Gasteiger partial charge in [0.25, 0.3) is 6.01 Å². The Balaban J connectivity index is 2.65. The molecule has 1 aromatic heterocycles. The van der Waals surface area contributed by atoms with Gasteiger partial charge in [-0.05, 0) is 27.2 Å². The Hall–Kier alpha value is -1.56. The normalized spacial score (nSPS) is 11.3. The predicted octanol–water partition coefficient (Wildman–Crippen LogP) is 1.42. The number of hydrogen-bond donors (Lipinski definition) is 2. The Labute approximate surface area is 100.0 Å². The number of carbonyl (C=O) groups excluding carboxylic acids is 1. The minimum Gasteiger partial charge on any atom is -0.461 e. The molecule has 0 amide bonds. The van der Waals surface area contributed by atoms with Crippen molar-refractivity contribution in [1.29, 1.82) is 0 Å². The first kappa shape index (κ1) is 13.5. The van der Waals surface area contributed by atoms with Crippen molar-refractivity contribution in [3.63, 3.8) is 0 Å². The lowest BCUT2D eigenvalue weighted by Gasteiger charge is -2.23. The molecule has 0 atom stereocenters. The number of nitrogens with one attached hydrogen (secondary N) is 1. The van der Waals surface area contributed by atoms with Gasteiger partial charge in [0.2, 0.25) is 0 Å². The van der Waals surface area contributed by atoms with E-state index in [0.29, 0.717) is 13.0 Å². The van der Waals surface area contributed by atoms with Crippen molar-refractivity contribution in [3.8, 4) is 0 Å². The summed E-state index contributed by atoms with van der Waals surface area (Å²) in [5.41, 5.74) is -0.222. The van der Waals surface area contributed by atoms with Crippen LogP contribution in [0, 0.1) is 0 Å². The van der Waals surface area contributed by atoms with Gasteiger partial charge in [0.05, 0.1) is 6.61 Å². The summed E-state index contributed by atoms with van der Waals surface area (Å²) in [5.74, 6) is -0.510. The minimum atomic E-state index is -0.510. The molecule has 0 saturated carbocycles. The number of aliphatic hydroxyl groups is 1. The predicted molar refractivity (Wildman–Crippen MR) is 61.9 cm³/mol. The van der Waals surface area contributed by atoms with Gasteiger partial charge in [0.15, 0.2) is 5.69 Å². The number of aliphatic hydroxyl groups excluding tert-OH is 1. The van der Waals surface area contributed by atoms with E-state index < -0.39 is 5.97 Å². The average Bonchev–Trinajstić information content (AvgIpc) is 2.65. The first-order valence-corrected chi connectivity index (χ1v) is 5.50. The number of nitrogens with zero attached hydrogens (tertiary/aromatic N) is 1. The topological polar surface area (TPSA) is 84.6 Å². The van der Waals surface area contributed by atoms with E-state index in [9.17, 15) is 4.79 Å². The van der Waals surface area contributed by atoms with Crippen molar-refractivity contribution in [2.24, 2.45) is 0 Å². The summed E-state index contributed by atoms with van der Waals surface area (Å²) in [6, 6.07) is 0.242. The van der Waals surface area contributed by atoms with Gasteiger partial charge in [-0.15, -0.1) is 0 Å². The largest absolute Gasteiger partial charge is 0.461 e. The van der Waals surface area contributed by atoms with Crippen LogP contribution in [0.5, 0.6) is 0 Å². The fraction of sp³-hybridized carbons (Fsp3) is 0.636. The van der Waals surface area contributed by atoms with E-state index in [1.165, 1.54) is 6.26 Å². The van der Waals surface area contributed by atoms with Gasteiger partial charge in [-0.2, -0.15) is 4.98 Å². The average molecular weight is 242 g/mol. The Kier molecular flexibility index (Phi) is 4.51. The van der Waals surface area contributed by atoms with Crippen LogP contribution in [0.15, 0.2) is 10.7 Å². The molecule has 96 valence electrons. The van der Waals surface area contributed by atoms with Gasteiger partial charge in [0.1, 0.15) is 6.26 Å². The molecule has 1 aromatic rings. The summed E-state index contributed by atoms with van der Waals surface area (Å²) < 4.78 is 9.90. The van der Waals surface area contributed by atoms with E-state index in [0.717, 1.165) is 0 Å². The fourth-order valence-corrected chi connectivity index (χ4v) is 1.26. The molecule has 1 heterocycles. The second kappa shape index (κ2) is 5.67. The van der Waals surface area contributed by atoms with Crippen molar-refractivity contribution in [2.75, 3.05) is 18.5 Å². The Morgan fingerprint density at radius 1 is 1.65 bits per heavy atom. The van der Waals surface area contributed by atoms with Crippen LogP contribution in [0.25, 0.3) is 0 Å². The van der Waals surface area contributed by atoms with E-state index in [-0.39, 0.29) is 23.9 Å². The maximum Gasteiger partial charge on any atom is 0.360 e. The van der Waals surface area contributed by atoms with Crippen LogP contribution in [0.3, 0.4) is 0 Å². The highest BCUT2D eigenvalue weighted by atomic mass is 16.5. The number of aromatic nitrogens is 1. The molecule has 0 aliphatic rings. The molecule has 0 spiro atoms. The number of oxazole rings is 1. The Morgan fingerprint density at radius 3 is 2.94 bits per heavy atom. The lowest BCUT2D eigenvalue weighted by atomic mass is 10.0. The molecule has 0 bridgehead atoms. The highest BCUT2D eigenvalue weighted by molar-refractivity contribution is 5.87. The molecule has 0 aliphatic heterocycles. The first-order chi connectivity index (χ1) is 7.98. The van der Waals surface area contributed by atoms with Crippen LogP contribution in [0.1, 0.15) is 37.7 Å². The monoisotopic (exact) mass is 242 g/mol. The summed E-state index contributed by atoms with van der Waals surface area (Å²) in [6.07, 6.45) is 1.79. The van der Waals surface area contributed by atoms with Crippen molar-refractivity contribution < 1.29 is 19.1 Å². The van der Waals surface area contributed by atoms with Crippen molar-refractivity contribution in [3.05, 3.63) is 12.0 Å². The van der Waals surface area contributed by atoms with Crippen LogP contribution in [-0.4, -0.2) is 34.8 Å². The molecule has 0 saturated heterocycles. The molecule has 2 N–H and O–H groups in total. The van der Waals surface area contributed by atoms with E-state index in [1.807, 2.05) is 13.8 Å². The summed E-state index contributed by atoms with van der Waals surface area (Å²) in [6.45, 7) is 5.88. The summed E-state index contributed by atoms with van der Waals surface area (Å²) in [7, 11) is 0. The summed E-state index contributed by atoms with van der Waals surface area (Å²) >= 11 is 0. The molecule has 0 aromatic carbocycles. The van der Waals surface area contributed by atoms with Crippen LogP contribution < -0.4 is 5.32 Å². The highest BCUT2D eigenvalue weighted by Crippen LogP contribution is 2.17. The highest BCUT2D eigenvalue weighted by Gasteiger charge is 2.20. The molecule has 0 radical (unpaired) electrons. The Bertz CT molecular complexity index is 373. The van der Waals surface area contributed by atoms with E-state index in [4.69, 9.17) is 14.3 Å². The van der Waals surface area contributed by atoms with Gasteiger partial charge < -0.3 is 19.6 Å². The third-order valence-electron chi connectivity index (χ3n) is 2.17. The van der Waals surface area contributed by atoms with Gasteiger partial charge in [0, 0.05) is 12.1 Å². The number of hydrogen-bond acceptors (Lipinski definition) is 6. The molecule has 0 fully saturated rings. The van der Waals surface area contributed by atoms with Crippen molar-refractivity contribution in [2.45, 2.75) is 32.7 Å². The second-order valence-electron chi connectivity index (χ2n) is 4.24. The maximum atomic E-state index is 11.3. The number of rotatable bonds is 6. The third kappa shape index (κ3) is 4.07. The van der Waals surface area contributed by atoms with Gasteiger partial charge in [-0.3, -0.25) is 0 Å². The van der Waals surface area contributed by atoms with Crippen LogP contribution in [0.2, 0.25) is 0 Å². The van der Waals surface area contributed by atoms with Gasteiger partial charge in [-0.25, -0.2) is 4.79 Å². The molecule has 1 rings (SSSR count). The number of esters is 1. The van der Waals surface area contributed by atoms with Crippen LogP contribution >= 0.6 is 0 Å². The van der Waals surface area contributed by atoms with Crippen LogP contribution in [-0.2, 0) is 4.74 Å². The maximum absolute atomic E-state index is 11.3. The van der Waals surface area contributed by atoms with Crippen molar-refractivity contribution in [1.82, 2.24) is 4.98 Å². The molecule has 6 nitrogen and oxygen atoms in total. The zero-order chi connectivity index (χ0) is 12.9. The molecule has 0 aliphatic carbocycles. The molecular weight excluding hydrogens is 224 g/mol. The molecule has 6 heteroatoms. The summed E-state index contributed by atoms with van der Waals surface area (Å²) in [5, 5.41) is 11.9. The van der Waals surface area contributed by atoms with Gasteiger partial charge >= 0.3 is 5.97 Å². The molecular formula is C11H18N2O4. The standard InChI is InChI=1S/C11H18N2O4/c1-4-16-9(15)8-7-17-10(12-8)13-11(2,3)5-6-14/h7,14H,4-6H2,1-3H3,(H,12,13). The second-order valence-corrected chi connectivity index (χ2v) is 4.24. The van der Waals surface area contributed by atoms with Gasteiger partial charge in [-0.1, -0.05) is 0 Å². The quantitative estimate of drug-likeness (QED) is 0.734. The zero-order valence-electron chi connectivity index (χ0n) is 10.3. The summed E-state index contributed by atoms with van der Waals surface area (Å²) in [4.78, 5) is 15.3. The lowest BCUT2D eigenvalue weighted by Crippen LogP contribution is -2.32. The van der Waals surface area contributed by atoms with E-state index >= 15 is 0 Å². The number of anilines is 1. The zero-order valence-corrected chi connectivity index (χ0v) is 10.3. The first-order valence-electron chi connectivity index (χ1n) is 5.50.